The zero-order valence-electron chi connectivity index (χ0n) is 9.97. The molecule has 0 spiro atoms. The fraction of sp³-hybridized carbons (Fsp3) is 0.333. The smallest absolute Gasteiger partial charge is 0.243 e. The van der Waals surface area contributed by atoms with E-state index in [0.717, 1.165) is 5.56 Å². The summed E-state index contributed by atoms with van der Waals surface area (Å²) in [4.78, 5) is 4.26. The molecular formula is C12H14ClN3O2. The highest BCUT2D eigenvalue weighted by Gasteiger charge is 2.15. The zero-order chi connectivity index (χ0) is 13.0. The minimum absolute atomic E-state index is 0.307. The van der Waals surface area contributed by atoms with Gasteiger partial charge in [0.25, 0.3) is 0 Å². The van der Waals surface area contributed by atoms with Gasteiger partial charge in [0.1, 0.15) is 0 Å². The summed E-state index contributed by atoms with van der Waals surface area (Å²) in [6.45, 7) is 0.555. The average Bonchev–Trinajstić information content (AvgIpc) is 2.86. The van der Waals surface area contributed by atoms with Gasteiger partial charge in [-0.1, -0.05) is 16.8 Å². The van der Waals surface area contributed by atoms with Crippen molar-refractivity contribution in [3.8, 4) is 11.4 Å². The van der Waals surface area contributed by atoms with Crippen molar-refractivity contribution in [2.24, 2.45) is 5.73 Å². The third-order valence-electron chi connectivity index (χ3n) is 2.49. The lowest BCUT2D eigenvalue weighted by molar-refractivity contribution is 0.182. The predicted octanol–water partition coefficient (Wildman–Crippen LogP) is 2.43. The summed E-state index contributed by atoms with van der Waals surface area (Å²) in [7, 11) is 1.62. The molecular weight excluding hydrogens is 254 g/mol. The second kappa shape index (κ2) is 5.95. The number of nitrogens with two attached hydrogens (primary N) is 1. The fourth-order valence-electron chi connectivity index (χ4n) is 1.47. The van der Waals surface area contributed by atoms with E-state index < -0.39 is 0 Å². The Bertz CT molecular complexity index is 498. The van der Waals surface area contributed by atoms with Crippen LogP contribution in [0.5, 0.6) is 0 Å². The summed E-state index contributed by atoms with van der Waals surface area (Å²) in [6.07, 6.45) is 0.638. The summed E-state index contributed by atoms with van der Waals surface area (Å²) < 4.78 is 10.1. The van der Waals surface area contributed by atoms with Crippen molar-refractivity contribution in [1.82, 2.24) is 10.1 Å². The van der Waals surface area contributed by atoms with Crippen molar-refractivity contribution in [1.29, 1.82) is 0 Å². The van der Waals surface area contributed by atoms with Gasteiger partial charge in [-0.05, 0) is 30.7 Å². The Morgan fingerprint density at radius 3 is 2.78 bits per heavy atom. The van der Waals surface area contributed by atoms with Crippen LogP contribution in [0, 0.1) is 0 Å². The number of benzene rings is 1. The highest BCUT2D eigenvalue weighted by molar-refractivity contribution is 6.30. The van der Waals surface area contributed by atoms with Gasteiger partial charge in [0.2, 0.25) is 11.7 Å². The molecule has 1 aromatic carbocycles. The van der Waals surface area contributed by atoms with Gasteiger partial charge in [-0.25, -0.2) is 0 Å². The number of halogens is 1. The van der Waals surface area contributed by atoms with Crippen LogP contribution >= 0.6 is 11.6 Å². The maximum atomic E-state index is 5.90. The Morgan fingerprint density at radius 1 is 1.39 bits per heavy atom. The maximum Gasteiger partial charge on any atom is 0.243 e. The quantitative estimate of drug-likeness (QED) is 0.900. The number of aromatic nitrogens is 2. The van der Waals surface area contributed by atoms with Crippen molar-refractivity contribution in [3.05, 3.63) is 35.2 Å². The molecule has 1 unspecified atom stereocenters. The highest BCUT2D eigenvalue weighted by Crippen LogP contribution is 2.20. The molecule has 1 atom stereocenters. The van der Waals surface area contributed by atoms with Crippen molar-refractivity contribution >= 4 is 11.6 Å². The number of rotatable bonds is 5. The molecule has 0 fully saturated rings. The van der Waals surface area contributed by atoms with Crippen LogP contribution in [0.4, 0.5) is 0 Å². The molecule has 0 bridgehead atoms. The van der Waals surface area contributed by atoms with Gasteiger partial charge >= 0.3 is 0 Å². The molecule has 0 saturated carbocycles. The second-order valence-corrected chi connectivity index (χ2v) is 4.29. The lowest BCUT2D eigenvalue weighted by Gasteiger charge is -2.04. The summed E-state index contributed by atoms with van der Waals surface area (Å²) in [5, 5.41) is 4.56. The molecule has 0 radical (unpaired) electrons. The van der Waals surface area contributed by atoms with E-state index in [1.165, 1.54) is 0 Å². The minimum Gasteiger partial charge on any atom is -0.385 e. The van der Waals surface area contributed by atoms with Crippen LogP contribution in [-0.4, -0.2) is 23.9 Å². The molecule has 96 valence electrons. The van der Waals surface area contributed by atoms with Gasteiger partial charge in [0.15, 0.2) is 0 Å². The fourth-order valence-corrected chi connectivity index (χ4v) is 1.60. The molecule has 0 aliphatic rings. The third-order valence-corrected chi connectivity index (χ3v) is 2.75. The second-order valence-electron chi connectivity index (χ2n) is 3.85. The highest BCUT2D eigenvalue weighted by atomic mass is 35.5. The van der Waals surface area contributed by atoms with E-state index in [0.29, 0.717) is 29.8 Å². The first kappa shape index (κ1) is 13.0. The van der Waals surface area contributed by atoms with Crippen molar-refractivity contribution in [2.45, 2.75) is 12.5 Å². The van der Waals surface area contributed by atoms with Crippen LogP contribution < -0.4 is 5.73 Å². The van der Waals surface area contributed by atoms with Gasteiger partial charge in [-0.3, -0.25) is 0 Å². The normalized spacial score (nSPS) is 12.6. The number of hydrogen-bond acceptors (Lipinski definition) is 5. The van der Waals surface area contributed by atoms with Crippen LogP contribution in [0.15, 0.2) is 28.8 Å². The maximum absolute atomic E-state index is 5.90. The van der Waals surface area contributed by atoms with E-state index >= 15 is 0 Å². The Kier molecular flexibility index (Phi) is 4.30. The van der Waals surface area contributed by atoms with Crippen LogP contribution in [0.2, 0.25) is 5.02 Å². The third kappa shape index (κ3) is 3.07. The van der Waals surface area contributed by atoms with Gasteiger partial charge in [0.05, 0.1) is 6.04 Å². The zero-order valence-corrected chi connectivity index (χ0v) is 10.7. The average molecular weight is 268 g/mol. The first-order valence-corrected chi connectivity index (χ1v) is 5.92. The van der Waals surface area contributed by atoms with E-state index in [1.54, 1.807) is 19.2 Å². The Balaban J connectivity index is 2.12. The lowest BCUT2D eigenvalue weighted by Crippen LogP contribution is -2.12. The number of ether oxygens (including phenoxy) is 1. The molecule has 5 nitrogen and oxygen atoms in total. The van der Waals surface area contributed by atoms with E-state index in [2.05, 4.69) is 10.1 Å². The van der Waals surface area contributed by atoms with Gasteiger partial charge in [-0.2, -0.15) is 4.98 Å². The molecule has 2 N–H and O–H groups in total. The van der Waals surface area contributed by atoms with E-state index in [1.807, 2.05) is 12.1 Å². The molecule has 0 saturated heterocycles. The summed E-state index contributed by atoms with van der Waals surface area (Å²) in [5.74, 6) is 0.923. The first-order chi connectivity index (χ1) is 8.70. The molecule has 0 aliphatic carbocycles. The molecule has 6 heteroatoms. The van der Waals surface area contributed by atoms with E-state index in [9.17, 15) is 0 Å². The molecule has 2 rings (SSSR count). The Labute approximate surface area is 110 Å². The summed E-state index contributed by atoms with van der Waals surface area (Å²) in [5.41, 5.74) is 6.74. The lowest BCUT2D eigenvalue weighted by atomic mass is 10.2. The minimum atomic E-state index is -0.307. The first-order valence-electron chi connectivity index (χ1n) is 5.55. The number of hydrogen-bond donors (Lipinski definition) is 1. The number of methoxy groups -OCH3 is 1. The molecule has 1 heterocycles. The largest absolute Gasteiger partial charge is 0.385 e. The topological polar surface area (TPSA) is 74.2 Å². The van der Waals surface area contributed by atoms with Crippen LogP contribution in [0.25, 0.3) is 11.4 Å². The van der Waals surface area contributed by atoms with Crippen molar-refractivity contribution in [2.75, 3.05) is 13.7 Å². The Morgan fingerprint density at radius 2 is 2.11 bits per heavy atom. The summed E-state index contributed by atoms with van der Waals surface area (Å²) >= 11 is 5.81. The van der Waals surface area contributed by atoms with Crippen LogP contribution in [0.3, 0.4) is 0 Å². The van der Waals surface area contributed by atoms with Crippen molar-refractivity contribution in [3.63, 3.8) is 0 Å². The molecule has 1 aromatic heterocycles. The molecule has 18 heavy (non-hydrogen) atoms. The Hall–Kier alpha value is -1.43. The SMILES string of the molecule is COCCC(N)c1nc(-c2ccc(Cl)cc2)no1. The van der Waals surface area contributed by atoms with Gasteiger partial charge in [-0.15, -0.1) is 0 Å². The van der Waals surface area contributed by atoms with Gasteiger partial charge in [0, 0.05) is 24.3 Å². The van der Waals surface area contributed by atoms with E-state index in [4.69, 9.17) is 26.6 Å². The monoisotopic (exact) mass is 267 g/mol. The van der Waals surface area contributed by atoms with Crippen LogP contribution in [0.1, 0.15) is 18.4 Å². The van der Waals surface area contributed by atoms with E-state index in [-0.39, 0.29) is 6.04 Å². The molecule has 2 aromatic rings. The van der Waals surface area contributed by atoms with Crippen LogP contribution in [-0.2, 0) is 4.74 Å². The van der Waals surface area contributed by atoms with Crippen molar-refractivity contribution < 1.29 is 9.26 Å². The van der Waals surface area contributed by atoms with Gasteiger partial charge < -0.3 is 15.0 Å². The molecule has 0 aliphatic heterocycles. The predicted molar refractivity (Wildman–Crippen MR) is 68.2 cm³/mol. The standard InChI is InChI=1S/C12H14ClN3O2/c1-17-7-6-10(14)12-15-11(16-18-12)8-2-4-9(13)5-3-8/h2-5,10H,6-7,14H2,1H3. The number of nitrogens with zero attached hydrogens (tertiary/aromatic N) is 2. The molecule has 0 amide bonds. The summed E-state index contributed by atoms with van der Waals surface area (Å²) in [6, 6.07) is 6.91.